The summed E-state index contributed by atoms with van der Waals surface area (Å²) in [4.78, 5) is 29.7. The summed E-state index contributed by atoms with van der Waals surface area (Å²) >= 11 is 1.29. The molecule has 1 aliphatic rings. The molecular weight excluding hydrogens is 474 g/mol. The van der Waals surface area contributed by atoms with Crippen molar-refractivity contribution in [2.45, 2.75) is 44.0 Å². The molecule has 1 saturated heterocycles. The van der Waals surface area contributed by atoms with Crippen LogP contribution in [0.25, 0.3) is 10.2 Å². The summed E-state index contributed by atoms with van der Waals surface area (Å²) in [5.41, 5.74) is 1.57. The number of carbonyl (C=O) groups is 2. The van der Waals surface area contributed by atoms with Crippen LogP contribution < -0.4 is 4.80 Å². The third-order valence-electron chi connectivity index (χ3n) is 5.97. The number of ether oxygens (including phenoxy) is 1. The molecule has 2 heterocycles. The zero-order valence-corrected chi connectivity index (χ0v) is 21.0. The van der Waals surface area contributed by atoms with Crippen molar-refractivity contribution in [3.63, 3.8) is 0 Å². The van der Waals surface area contributed by atoms with E-state index in [2.05, 4.69) is 4.99 Å². The van der Waals surface area contributed by atoms with Crippen molar-refractivity contribution in [1.29, 1.82) is 0 Å². The van der Waals surface area contributed by atoms with Crippen molar-refractivity contribution in [1.82, 2.24) is 8.87 Å². The first kappa shape index (κ1) is 24.3. The molecule has 10 heteroatoms. The van der Waals surface area contributed by atoms with E-state index in [-0.39, 0.29) is 10.9 Å². The second-order valence-corrected chi connectivity index (χ2v) is 11.1. The summed E-state index contributed by atoms with van der Waals surface area (Å²) in [5, 5.41) is 0. The maximum Gasteiger partial charge on any atom is 0.338 e. The van der Waals surface area contributed by atoms with Crippen LogP contribution in [-0.2, 0) is 21.8 Å². The third-order valence-corrected chi connectivity index (χ3v) is 9.09. The van der Waals surface area contributed by atoms with Crippen molar-refractivity contribution in [2.24, 2.45) is 12.0 Å². The lowest BCUT2D eigenvalue weighted by Crippen LogP contribution is -2.41. The minimum absolute atomic E-state index is 0.0348. The molecular formula is C24H27N3O5S2. The molecule has 1 atom stereocenters. The number of hydrogen-bond acceptors (Lipinski definition) is 6. The Labute approximate surface area is 202 Å². The molecule has 3 aromatic rings. The van der Waals surface area contributed by atoms with E-state index in [0.717, 1.165) is 29.5 Å². The monoisotopic (exact) mass is 501 g/mol. The van der Waals surface area contributed by atoms with E-state index < -0.39 is 21.9 Å². The van der Waals surface area contributed by atoms with Gasteiger partial charge in [-0.05, 0) is 69.2 Å². The lowest BCUT2D eigenvalue weighted by molar-refractivity contribution is 0.0526. The van der Waals surface area contributed by atoms with Gasteiger partial charge in [-0.2, -0.15) is 9.30 Å². The fraction of sp³-hybridized carbons (Fsp3) is 0.375. The lowest BCUT2D eigenvalue weighted by Gasteiger charge is -2.32. The Bertz CT molecular complexity index is 1400. The number of sulfonamides is 1. The number of benzene rings is 2. The third kappa shape index (κ3) is 4.70. The van der Waals surface area contributed by atoms with Gasteiger partial charge in [-0.15, -0.1) is 0 Å². The Balaban J connectivity index is 1.60. The first-order chi connectivity index (χ1) is 16.2. The number of carbonyl (C=O) groups excluding carboxylic acids is 2. The molecule has 1 unspecified atom stereocenters. The highest BCUT2D eigenvalue weighted by Gasteiger charge is 2.30. The number of thiazole rings is 1. The van der Waals surface area contributed by atoms with Crippen LogP contribution in [0.5, 0.6) is 0 Å². The molecule has 180 valence electrons. The van der Waals surface area contributed by atoms with Gasteiger partial charge < -0.3 is 9.30 Å². The number of esters is 1. The number of rotatable bonds is 5. The van der Waals surface area contributed by atoms with Crippen molar-refractivity contribution < 1.29 is 22.7 Å². The summed E-state index contributed by atoms with van der Waals surface area (Å²) in [5.74, 6) is -0.868. The number of hydrogen-bond donors (Lipinski definition) is 0. The van der Waals surface area contributed by atoms with Gasteiger partial charge in [0.15, 0.2) is 4.80 Å². The van der Waals surface area contributed by atoms with Gasteiger partial charge in [-0.1, -0.05) is 17.8 Å². The quantitative estimate of drug-likeness (QED) is 0.496. The largest absolute Gasteiger partial charge is 0.462 e. The topological polar surface area (TPSA) is 98.0 Å². The van der Waals surface area contributed by atoms with E-state index in [0.29, 0.717) is 29.1 Å². The summed E-state index contributed by atoms with van der Waals surface area (Å²) in [6.07, 6.45) is 2.73. The van der Waals surface area contributed by atoms with Crippen LogP contribution in [0.4, 0.5) is 0 Å². The second kappa shape index (κ2) is 9.81. The molecule has 8 nitrogen and oxygen atoms in total. The molecule has 1 amide bonds. The molecule has 0 bridgehead atoms. The summed E-state index contributed by atoms with van der Waals surface area (Å²) in [6.45, 7) is 4.48. The van der Waals surface area contributed by atoms with Gasteiger partial charge in [0.2, 0.25) is 10.0 Å². The first-order valence-electron chi connectivity index (χ1n) is 11.2. The van der Waals surface area contributed by atoms with Gasteiger partial charge in [-0.25, -0.2) is 13.2 Å². The molecule has 0 aliphatic carbocycles. The lowest BCUT2D eigenvalue weighted by atomic mass is 10.1. The molecule has 0 radical (unpaired) electrons. The summed E-state index contributed by atoms with van der Waals surface area (Å²) in [7, 11) is -1.80. The van der Waals surface area contributed by atoms with E-state index in [4.69, 9.17) is 4.74 Å². The molecule has 1 fully saturated rings. The summed E-state index contributed by atoms with van der Waals surface area (Å²) < 4.78 is 35.2. The first-order valence-corrected chi connectivity index (χ1v) is 13.5. The average Bonchev–Trinajstić information content (AvgIpc) is 3.13. The second-order valence-electron chi connectivity index (χ2n) is 8.25. The molecule has 34 heavy (non-hydrogen) atoms. The number of aryl methyl sites for hydroxylation is 1. The van der Waals surface area contributed by atoms with Crippen molar-refractivity contribution in [3.05, 3.63) is 58.4 Å². The van der Waals surface area contributed by atoms with Crippen LogP contribution in [-0.4, -0.2) is 48.4 Å². The predicted molar refractivity (Wildman–Crippen MR) is 130 cm³/mol. The van der Waals surface area contributed by atoms with Crippen LogP contribution in [0.15, 0.2) is 52.4 Å². The Morgan fingerprint density at radius 2 is 1.82 bits per heavy atom. The Kier molecular flexibility index (Phi) is 7.01. The number of piperidine rings is 1. The van der Waals surface area contributed by atoms with Gasteiger partial charge in [0.05, 0.1) is 27.3 Å². The number of amides is 1. The van der Waals surface area contributed by atoms with Crippen LogP contribution in [0, 0.1) is 0 Å². The van der Waals surface area contributed by atoms with Gasteiger partial charge in [0, 0.05) is 25.2 Å². The Morgan fingerprint density at radius 1 is 1.12 bits per heavy atom. The van der Waals surface area contributed by atoms with E-state index >= 15 is 0 Å². The minimum atomic E-state index is -3.60. The standard InChI is InChI=1S/C24H27N3O5S2/c1-4-32-23(29)18-10-13-20-21(15-18)33-24(26(20)3)25-22(28)17-8-11-19(12-9-17)34(30,31)27-14-6-5-7-16(27)2/h8-13,15-16H,4-7,14H2,1-3H3. The molecule has 0 saturated carbocycles. The molecule has 1 aromatic heterocycles. The molecule has 0 N–H and O–H groups in total. The fourth-order valence-electron chi connectivity index (χ4n) is 4.07. The number of aromatic nitrogens is 1. The Morgan fingerprint density at radius 3 is 2.50 bits per heavy atom. The predicted octanol–water partition coefficient (Wildman–Crippen LogP) is 3.72. The van der Waals surface area contributed by atoms with Gasteiger partial charge in [-0.3, -0.25) is 4.79 Å². The van der Waals surface area contributed by atoms with Crippen LogP contribution in [0.2, 0.25) is 0 Å². The van der Waals surface area contributed by atoms with E-state index in [1.807, 2.05) is 6.92 Å². The molecule has 0 spiro atoms. The zero-order chi connectivity index (χ0) is 24.5. The van der Waals surface area contributed by atoms with Crippen molar-refractivity contribution in [2.75, 3.05) is 13.2 Å². The number of fused-ring (bicyclic) bond motifs is 1. The molecule has 1 aliphatic heterocycles. The average molecular weight is 502 g/mol. The number of nitrogens with zero attached hydrogens (tertiary/aromatic N) is 3. The summed E-state index contributed by atoms with van der Waals surface area (Å²) in [6, 6.07) is 11.1. The molecule has 2 aromatic carbocycles. The minimum Gasteiger partial charge on any atom is -0.462 e. The normalized spacial score (nSPS) is 17.7. The SMILES string of the molecule is CCOC(=O)c1ccc2c(c1)sc(=NC(=O)c1ccc(S(=O)(=O)N3CCCCC3C)cc1)n2C. The van der Waals surface area contributed by atoms with E-state index in [1.165, 1.54) is 35.6 Å². The van der Waals surface area contributed by atoms with Crippen LogP contribution in [0.3, 0.4) is 0 Å². The maximum atomic E-state index is 13.0. The van der Waals surface area contributed by atoms with Crippen LogP contribution >= 0.6 is 11.3 Å². The zero-order valence-electron chi connectivity index (χ0n) is 19.4. The van der Waals surface area contributed by atoms with Crippen molar-refractivity contribution in [3.8, 4) is 0 Å². The highest BCUT2D eigenvalue weighted by atomic mass is 32.2. The Hall–Kier alpha value is -2.82. The van der Waals surface area contributed by atoms with E-state index in [9.17, 15) is 18.0 Å². The highest BCUT2D eigenvalue weighted by molar-refractivity contribution is 7.89. The smallest absolute Gasteiger partial charge is 0.338 e. The maximum absolute atomic E-state index is 13.0. The van der Waals surface area contributed by atoms with Gasteiger partial charge in [0.1, 0.15) is 0 Å². The van der Waals surface area contributed by atoms with Crippen LogP contribution in [0.1, 0.15) is 53.8 Å². The molecule has 4 rings (SSSR count). The van der Waals surface area contributed by atoms with Gasteiger partial charge >= 0.3 is 5.97 Å². The highest BCUT2D eigenvalue weighted by Crippen LogP contribution is 2.25. The van der Waals surface area contributed by atoms with Crippen molar-refractivity contribution >= 4 is 43.5 Å². The van der Waals surface area contributed by atoms with E-state index in [1.54, 1.807) is 41.0 Å². The fourth-order valence-corrected chi connectivity index (χ4v) is 6.82. The van der Waals surface area contributed by atoms with Gasteiger partial charge in [0.25, 0.3) is 5.91 Å².